The van der Waals surface area contributed by atoms with Crippen LogP contribution in [0.15, 0.2) is 71.6 Å². The lowest BCUT2D eigenvalue weighted by atomic mass is 10.0. The Labute approximate surface area is 262 Å². The van der Waals surface area contributed by atoms with Gasteiger partial charge >= 0.3 is 6.03 Å². The Morgan fingerprint density at radius 3 is 2.43 bits per heavy atom. The van der Waals surface area contributed by atoms with E-state index in [1.807, 2.05) is 6.92 Å². The number of carbonyl (C=O) groups excluding carboxylic acids is 2. The molecule has 1 aliphatic heterocycles. The van der Waals surface area contributed by atoms with Gasteiger partial charge in [0.15, 0.2) is 0 Å². The average molecular weight is 645 g/mol. The summed E-state index contributed by atoms with van der Waals surface area (Å²) in [6, 6.07) is 16.7. The van der Waals surface area contributed by atoms with E-state index in [9.17, 15) is 23.1 Å². The number of sulfonamides is 1. The van der Waals surface area contributed by atoms with Gasteiger partial charge in [-0.05, 0) is 73.7 Å². The zero-order valence-electron chi connectivity index (χ0n) is 25.0. The molecule has 0 bridgehead atoms. The summed E-state index contributed by atoms with van der Waals surface area (Å²) in [7, 11) is -0.719. The minimum absolute atomic E-state index is 0.0329. The van der Waals surface area contributed by atoms with E-state index in [0.29, 0.717) is 27.8 Å². The average Bonchev–Trinajstić information content (AvgIpc) is 3.04. The lowest BCUT2D eigenvalue weighted by Crippen LogP contribution is -2.48. The number of aliphatic hydroxyl groups excluding tert-OH is 1. The molecule has 11 nitrogen and oxygen atoms in total. The lowest BCUT2D eigenvalue weighted by Gasteiger charge is -2.34. The SMILES string of the molecule is COc1ccc(NC(=O)N(C)C[C@H]2Oc3ccc(NS(=O)(=O)c4ccc(Cl)cc4)cc3CC(=O)N([C@@H](C)CO)C[C@H]2C)cc1. The number of amides is 3. The number of likely N-dealkylation sites (N-methyl/N-ethyl adjacent to an activating group) is 1. The maximum absolute atomic E-state index is 13.5. The van der Waals surface area contributed by atoms with Crippen LogP contribution in [0.1, 0.15) is 19.4 Å². The zero-order valence-corrected chi connectivity index (χ0v) is 26.6. The van der Waals surface area contributed by atoms with Crippen LogP contribution in [-0.2, 0) is 21.2 Å². The molecule has 0 fully saturated rings. The van der Waals surface area contributed by atoms with Crippen LogP contribution in [0.25, 0.3) is 0 Å². The van der Waals surface area contributed by atoms with E-state index in [0.717, 1.165) is 0 Å². The number of methoxy groups -OCH3 is 1. The van der Waals surface area contributed by atoms with E-state index >= 15 is 0 Å². The van der Waals surface area contributed by atoms with E-state index in [4.69, 9.17) is 21.1 Å². The van der Waals surface area contributed by atoms with Gasteiger partial charge in [-0.2, -0.15) is 0 Å². The van der Waals surface area contributed by atoms with Gasteiger partial charge in [0.2, 0.25) is 5.91 Å². The molecule has 3 amide bonds. The molecule has 3 aromatic carbocycles. The molecule has 3 N–H and O–H groups in total. The van der Waals surface area contributed by atoms with Crippen molar-refractivity contribution in [2.45, 2.75) is 37.3 Å². The highest BCUT2D eigenvalue weighted by molar-refractivity contribution is 7.92. The molecule has 4 rings (SSSR count). The molecular formula is C31H37ClN4O7S. The van der Waals surface area contributed by atoms with Crippen LogP contribution in [-0.4, -0.2) is 81.3 Å². The third kappa shape index (κ3) is 8.13. The maximum atomic E-state index is 13.5. The van der Waals surface area contributed by atoms with Crippen LogP contribution in [0.5, 0.6) is 11.5 Å². The largest absolute Gasteiger partial charge is 0.497 e. The Bertz CT molecular complexity index is 1570. The summed E-state index contributed by atoms with van der Waals surface area (Å²) in [6.07, 6.45) is -0.625. The Morgan fingerprint density at radius 2 is 1.80 bits per heavy atom. The Morgan fingerprint density at radius 1 is 1.14 bits per heavy atom. The highest BCUT2D eigenvalue weighted by atomic mass is 35.5. The second-order valence-electron chi connectivity index (χ2n) is 10.8. The van der Waals surface area contributed by atoms with Gasteiger partial charge in [0.1, 0.15) is 17.6 Å². The molecule has 1 aliphatic rings. The second kappa shape index (κ2) is 14.2. The van der Waals surface area contributed by atoms with Crippen molar-refractivity contribution in [3.8, 4) is 11.5 Å². The first-order chi connectivity index (χ1) is 20.9. The van der Waals surface area contributed by atoms with Gasteiger partial charge < -0.3 is 29.7 Å². The lowest BCUT2D eigenvalue weighted by molar-refractivity contribution is -0.134. The molecule has 0 unspecified atom stereocenters. The molecule has 3 aromatic rings. The summed E-state index contributed by atoms with van der Waals surface area (Å²) in [5.74, 6) is 0.581. The van der Waals surface area contributed by atoms with Crippen molar-refractivity contribution in [1.82, 2.24) is 9.80 Å². The monoisotopic (exact) mass is 644 g/mol. The van der Waals surface area contributed by atoms with Gasteiger partial charge in [0.25, 0.3) is 10.0 Å². The van der Waals surface area contributed by atoms with Crippen LogP contribution >= 0.6 is 11.6 Å². The zero-order chi connectivity index (χ0) is 32.0. The van der Waals surface area contributed by atoms with Crippen molar-refractivity contribution in [3.05, 3.63) is 77.3 Å². The molecule has 0 spiro atoms. The molecule has 0 aromatic heterocycles. The number of nitrogens with zero attached hydrogens (tertiary/aromatic N) is 2. The summed E-state index contributed by atoms with van der Waals surface area (Å²) in [4.78, 5) is 29.7. The highest BCUT2D eigenvalue weighted by Crippen LogP contribution is 2.30. The Hall–Kier alpha value is -4.00. The molecule has 236 valence electrons. The fraction of sp³-hybridized carbons (Fsp3) is 0.355. The maximum Gasteiger partial charge on any atom is 0.321 e. The van der Waals surface area contributed by atoms with E-state index in [1.165, 1.54) is 29.2 Å². The fourth-order valence-electron chi connectivity index (χ4n) is 4.78. The van der Waals surface area contributed by atoms with Crippen LogP contribution in [0.2, 0.25) is 5.02 Å². The summed E-state index contributed by atoms with van der Waals surface area (Å²) in [6.45, 7) is 3.91. The number of aliphatic hydroxyl groups is 1. The van der Waals surface area contributed by atoms with E-state index in [2.05, 4.69) is 10.0 Å². The topological polar surface area (TPSA) is 138 Å². The molecule has 13 heteroatoms. The summed E-state index contributed by atoms with van der Waals surface area (Å²) in [5.41, 5.74) is 1.31. The van der Waals surface area contributed by atoms with Crippen LogP contribution < -0.4 is 19.5 Å². The van der Waals surface area contributed by atoms with Gasteiger partial charge in [0, 0.05) is 41.5 Å². The number of rotatable bonds is 9. The number of carbonyl (C=O) groups is 2. The highest BCUT2D eigenvalue weighted by Gasteiger charge is 2.32. The van der Waals surface area contributed by atoms with E-state index in [-0.39, 0.29) is 54.6 Å². The third-order valence-corrected chi connectivity index (χ3v) is 9.08. The number of anilines is 2. The number of ether oxygens (including phenoxy) is 2. The van der Waals surface area contributed by atoms with E-state index in [1.54, 1.807) is 68.4 Å². The van der Waals surface area contributed by atoms with Crippen LogP contribution in [0.3, 0.4) is 0 Å². The number of hydrogen-bond donors (Lipinski definition) is 3. The smallest absolute Gasteiger partial charge is 0.321 e. The Balaban J connectivity index is 1.60. The summed E-state index contributed by atoms with van der Waals surface area (Å²) < 4.78 is 40.2. The fourth-order valence-corrected chi connectivity index (χ4v) is 5.96. The van der Waals surface area contributed by atoms with Crippen LogP contribution in [0.4, 0.5) is 16.2 Å². The van der Waals surface area contributed by atoms with Gasteiger partial charge in [-0.15, -0.1) is 0 Å². The summed E-state index contributed by atoms with van der Waals surface area (Å²) in [5, 5.41) is 13.2. The molecule has 44 heavy (non-hydrogen) atoms. The van der Waals surface area contributed by atoms with Gasteiger partial charge in [-0.1, -0.05) is 18.5 Å². The first-order valence-corrected chi connectivity index (χ1v) is 15.9. The number of hydrogen-bond acceptors (Lipinski definition) is 7. The molecule has 0 aliphatic carbocycles. The minimum Gasteiger partial charge on any atom is -0.497 e. The van der Waals surface area contributed by atoms with E-state index < -0.39 is 22.2 Å². The normalized spacial score (nSPS) is 17.7. The molecule has 0 saturated heterocycles. The van der Waals surface area contributed by atoms with Crippen molar-refractivity contribution in [2.24, 2.45) is 5.92 Å². The Kier molecular flexibility index (Phi) is 10.6. The standard InChI is InChI=1S/C31H37ClN4O7S/c1-20-17-36(21(2)19-37)30(38)16-22-15-25(34-44(40,41)27-12-5-23(32)6-13-27)9-14-28(22)43-29(20)18-35(3)31(39)33-24-7-10-26(42-4)11-8-24/h5-15,20-21,29,34,37H,16-19H2,1-4H3,(H,33,39)/t20-,21+,29-/m1/s1. The van der Waals surface area contributed by atoms with Crippen molar-refractivity contribution in [3.63, 3.8) is 0 Å². The third-order valence-electron chi connectivity index (χ3n) is 7.43. The van der Waals surface area contributed by atoms with Crippen molar-refractivity contribution in [2.75, 3.05) is 43.9 Å². The molecule has 3 atom stereocenters. The van der Waals surface area contributed by atoms with Crippen molar-refractivity contribution >= 4 is 44.9 Å². The predicted octanol–water partition coefficient (Wildman–Crippen LogP) is 4.46. The first kappa shape index (κ1) is 32.9. The number of nitrogens with one attached hydrogen (secondary N) is 2. The minimum atomic E-state index is -3.93. The van der Waals surface area contributed by atoms with Gasteiger partial charge in [-0.25, -0.2) is 13.2 Å². The quantitative estimate of drug-likeness (QED) is 0.313. The molecule has 1 heterocycles. The first-order valence-electron chi connectivity index (χ1n) is 14.0. The predicted molar refractivity (Wildman–Crippen MR) is 169 cm³/mol. The molecular weight excluding hydrogens is 608 g/mol. The second-order valence-corrected chi connectivity index (χ2v) is 12.9. The molecule has 0 radical (unpaired) electrons. The van der Waals surface area contributed by atoms with Crippen molar-refractivity contribution in [1.29, 1.82) is 0 Å². The number of urea groups is 1. The van der Waals surface area contributed by atoms with Crippen LogP contribution in [0, 0.1) is 5.92 Å². The number of benzene rings is 3. The number of halogens is 1. The van der Waals surface area contributed by atoms with Gasteiger partial charge in [-0.3, -0.25) is 9.52 Å². The van der Waals surface area contributed by atoms with Crippen molar-refractivity contribution < 1.29 is 32.6 Å². The van der Waals surface area contributed by atoms with Gasteiger partial charge in [0.05, 0.1) is 37.6 Å². The number of fused-ring (bicyclic) bond motifs is 1. The molecule has 0 saturated carbocycles. The summed E-state index contributed by atoms with van der Waals surface area (Å²) >= 11 is 5.91.